The molecule has 0 fully saturated rings. The smallest absolute Gasteiger partial charge is 0.0587 e. The van der Waals surface area contributed by atoms with E-state index in [-0.39, 0.29) is 0 Å². The molecule has 2 N–H and O–H groups in total. The fraction of sp³-hybridized carbons (Fsp3) is 0.538. The van der Waals surface area contributed by atoms with Gasteiger partial charge in [0.25, 0.3) is 0 Å². The van der Waals surface area contributed by atoms with Crippen LogP contribution in [0.1, 0.15) is 11.1 Å². The summed E-state index contributed by atoms with van der Waals surface area (Å²) in [5.74, 6) is 0. The van der Waals surface area contributed by atoms with Crippen molar-refractivity contribution in [2.24, 2.45) is 0 Å². The van der Waals surface area contributed by atoms with Crippen LogP contribution in [0.5, 0.6) is 0 Å². The molecule has 1 aromatic rings. The van der Waals surface area contributed by atoms with Gasteiger partial charge in [0.05, 0.1) is 6.61 Å². The van der Waals surface area contributed by atoms with E-state index in [9.17, 15) is 0 Å². The molecule has 0 aliphatic carbocycles. The van der Waals surface area contributed by atoms with Crippen LogP contribution in [-0.4, -0.2) is 33.4 Å². The standard InChI is InChI=1S/C13H21BrN2O/c1-11-3-4-13(14)9-12(11)10-16-6-5-15-7-8-17-2/h3-4,9,15-16H,5-8,10H2,1-2H3. The second kappa shape index (κ2) is 8.64. The van der Waals surface area contributed by atoms with Gasteiger partial charge in [0, 0.05) is 37.8 Å². The predicted molar refractivity (Wildman–Crippen MR) is 75.3 cm³/mol. The van der Waals surface area contributed by atoms with Gasteiger partial charge in [-0.25, -0.2) is 0 Å². The van der Waals surface area contributed by atoms with Crippen LogP contribution in [0.4, 0.5) is 0 Å². The number of benzene rings is 1. The Hall–Kier alpha value is -0.420. The van der Waals surface area contributed by atoms with Gasteiger partial charge in [0.2, 0.25) is 0 Å². The maximum Gasteiger partial charge on any atom is 0.0587 e. The van der Waals surface area contributed by atoms with Gasteiger partial charge in [0.15, 0.2) is 0 Å². The minimum atomic E-state index is 0.769. The van der Waals surface area contributed by atoms with E-state index in [1.54, 1.807) is 7.11 Å². The number of methoxy groups -OCH3 is 1. The minimum absolute atomic E-state index is 0.769. The number of halogens is 1. The van der Waals surface area contributed by atoms with Crippen molar-refractivity contribution in [1.82, 2.24) is 10.6 Å². The number of hydrogen-bond acceptors (Lipinski definition) is 3. The van der Waals surface area contributed by atoms with E-state index in [4.69, 9.17) is 4.74 Å². The number of ether oxygens (including phenoxy) is 1. The summed E-state index contributed by atoms with van der Waals surface area (Å²) >= 11 is 3.49. The van der Waals surface area contributed by atoms with Crippen LogP contribution < -0.4 is 10.6 Å². The number of hydrogen-bond donors (Lipinski definition) is 2. The van der Waals surface area contributed by atoms with Gasteiger partial charge >= 0.3 is 0 Å². The maximum absolute atomic E-state index is 4.96. The molecule has 0 aliphatic rings. The van der Waals surface area contributed by atoms with Gasteiger partial charge in [0.1, 0.15) is 0 Å². The monoisotopic (exact) mass is 300 g/mol. The van der Waals surface area contributed by atoms with Crippen LogP contribution in [0, 0.1) is 6.92 Å². The number of nitrogens with one attached hydrogen (secondary N) is 2. The zero-order chi connectivity index (χ0) is 12.5. The van der Waals surface area contributed by atoms with Crippen LogP contribution in [-0.2, 0) is 11.3 Å². The van der Waals surface area contributed by atoms with Crippen molar-refractivity contribution in [3.05, 3.63) is 33.8 Å². The van der Waals surface area contributed by atoms with Crippen molar-refractivity contribution in [3.63, 3.8) is 0 Å². The molecule has 1 aromatic carbocycles. The highest BCUT2D eigenvalue weighted by Gasteiger charge is 1.98. The Morgan fingerprint density at radius 3 is 2.71 bits per heavy atom. The van der Waals surface area contributed by atoms with E-state index in [0.29, 0.717) is 0 Å². The normalized spacial score (nSPS) is 10.8. The molecule has 0 atom stereocenters. The first-order valence-corrected chi connectivity index (χ1v) is 6.68. The Balaban J connectivity index is 2.15. The highest BCUT2D eigenvalue weighted by Crippen LogP contribution is 2.15. The highest BCUT2D eigenvalue weighted by molar-refractivity contribution is 9.10. The first-order valence-electron chi connectivity index (χ1n) is 5.89. The second-order valence-corrected chi connectivity index (χ2v) is 4.91. The van der Waals surface area contributed by atoms with Gasteiger partial charge in [-0.2, -0.15) is 0 Å². The number of aryl methyl sites for hydroxylation is 1. The average Bonchev–Trinajstić information content (AvgIpc) is 2.32. The summed E-state index contributed by atoms with van der Waals surface area (Å²) in [6.45, 7) is 6.67. The van der Waals surface area contributed by atoms with Crippen LogP contribution in [0.2, 0.25) is 0 Å². The topological polar surface area (TPSA) is 33.3 Å². The lowest BCUT2D eigenvalue weighted by Crippen LogP contribution is -2.29. The van der Waals surface area contributed by atoms with E-state index in [1.165, 1.54) is 11.1 Å². The molecule has 0 heterocycles. The van der Waals surface area contributed by atoms with Crippen molar-refractivity contribution in [2.45, 2.75) is 13.5 Å². The third-order valence-corrected chi connectivity index (χ3v) is 3.08. The average molecular weight is 301 g/mol. The Morgan fingerprint density at radius 1 is 1.18 bits per heavy atom. The van der Waals surface area contributed by atoms with Crippen molar-refractivity contribution < 1.29 is 4.74 Å². The van der Waals surface area contributed by atoms with Crippen molar-refractivity contribution >= 4 is 15.9 Å². The van der Waals surface area contributed by atoms with Gasteiger partial charge in [-0.3, -0.25) is 0 Å². The molecule has 3 nitrogen and oxygen atoms in total. The largest absolute Gasteiger partial charge is 0.383 e. The molecule has 0 saturated carbocycles. The summed E-state index contributed by atoms with van der Waals surface area (Å²) in [6.07, 6.45) is 0. The van der Waals surface area contributed by atoms with Crippen molar-refractivity contribution in [2.75, 3.05) is 33.4 Å². The molecule has 1 rings (SSSR count). The van der Waals surface area contributed by atoms with E-state index >= 15 is 0 Å². The molecule has 0 unspecified atom stereocenters. The van der Waals surface area contributed by atoms with Gasteiger partial charge in [-0.1, -0.05) is 22.0 Å². The zero-order valence-corrected chi connectivity index (χ0v) is 12.1. The van der Waals surface area contributed by atoms with Crippen LogP contribution in [0.15, 0.2) is 22.7 Å². The molecule has 0 saturated heterocycles. The summed E-state index contributed by atoms with van der Waals surface area (Å²) < 4.78 is 6.10. The fourth-order valence-electron chi connectivity index (χ4n) is 1.53. The Kier molecular flexibility index (Phi) is 7.44. The van der Waals surface area contributed by atoms with E-state index in [1.807, 2.05) is 0 Å². The Bertz CT molecular complexity index is 331. The molecule has 0 aliphatic heterocycles. The van der Waals surface area contributed by atoms with Crippen LogP contribution >= 0.6 is 15.9 Å². The molecule has 0 radical (unpaired) electrons. The predicted octanol–water partition coefficient (Wildman–Crippen LogP) is 2.08. The molecule has 0 amide bonds. The molecule has 0 bridgehead atoms. The molecule has 0 spiro atoms. The molecular formula is C13H21BrN2O. The summed E-state index contributed by atoms with van der Waals surface area (Å²) in [6, 6.07) is 6.38. The van der Waals surface area contributed by atoms with Crippen LogP contribution in [0.25, 0.3) is 0 Å². The summed E-state index contributed by atoms with van der Waals surface area (Å²) in [5.41, 5.74) is 2.67. The second-order valence-electron chi connectivity index (χ2n) is 3.99. The van der Waals surface area contributed by atoms with Gasteiger partial charge in [-0.05, 0) is 30.2 Å². The maximum atomic E-state index is 4.96. The lowest BCUT2D eigenvalue weighted by atomic mass is 10.1. The summed E-state index contributed by atoms with van der Waals surface area (Å²) in [4.78, 5) is 0. The SMILES string of the molecule is COCCNCCNCc1cc(Br)ccc1C. The first kappa shape index (κ1) is 14.6. The highest BCUT2D eigenvalue weighted by atomic mass is 79.9. The molecule has 17 heavy (non-hydrogen) atoms. The minimum Gasteiger partial charge on any atom is -0.383 e. The van der Waals surface area contributed by atoms with Crippen molar-refractivity contribution in [1.29, 1.82) is 0 Å². The zero-order valence-electron chi connectivity index (χ0n) is 10.6. The third kappa shape index (κ3) is 6.17. The van der Waals surface area contributed by atoms with E-state index < -0.39 is 0 Å². The molecule has 0 aromatic heterocycles. The fourth-order valence-corrected chi connectivity index (χ4v) is 1.94. The molecule has 96 valence electrons. The Morgan fingerprint density at radius 2 is 1.94 bits per heavy atom. The molecular weight excluding hydrogens is 280 g/mol. The van der Waals surface area contributed by atoms with Gasteiger partial charge in [-0.15, -0.1) is 0 Å². The Labute approximate surface area is 112 Å². The van der Waals surface area contributed by atoms with Crippen molar-refractivity contribution in [3.8, 4) is 0 Å². The lowest BCUT2D eigenvalue weighted by Gasteiger charge is -2.09. The summed E-state index contributed by atoms with van der Waals surface area (Å²) in [7, 11) is 1.72. The first-order chi connectivity index (χ1) is 8.24. The summed E-state index contributed by atoms with van der Waals surface area (Å²) in [5, 5.41) is 6.72. The van der Waals surface area contributed by atoms with E-state index in [2.05, 4.69) is 51.7 Å². The quantitative estimate of drug-likeness (QED) is 0.721. The third-order valence-electron chi connectivity index (χ3n) is 2.59. The van der Waals surface area contributed by atoms with E-state index in [0.717, 1.165) is 37.3 Å². The molecule has 4 heteroatoms. The lowest BCUT2D eigenvalue weighted by molar-refractivity contribution is 0.199. The van der Waals surface area contributed by atoms with Crippen LogP contribution in [0.3, 0.4) is 0 Å². The number of rotatable bonds is 8. The van der Waals surface area contributed by atoms with Gasteiger partial charge < -0.3 is 15.4 Å².